The van der Waals surface area contributed by atoms with Crippen molar-refractivity contribution in [3.05, 3.63) is 40.1 Å². The molecule has 3 rings (SSSR count). The minimum Gasteiger partial charge on any atom is -1.00 e. The van der Waals surface area contributed by atoms with Gasteiger partial charge >= 0.3 is 35.5 Å². The standard InChI is InChI=1S/C18H19N3O4.Na.H/c1-19-12-8-11-16(24)10-6-4-5-9(7-13(22)23)17(10)25-18(11)15(21-3)14(12)20-2;;/h4-6,8,19-21H,7H2,1-3H3,(H,22,23);;/q;+1;-1. The van der Waals surface area contributed by atoms with Crippen LogP contribution in [0.15, 0.2) is 33.5 Å². The molecule has 1 aromatic heterocycles. The van der Waals surface area contributed by atoms with Crippen LogP contribution in [0.5, 0.6) is 0 Å². The van der Waals surface area contributed by atoms with Crippen molar-refractivity contribution in [1.82, 2.24) is 0 Å². The van der Waals surface area contributed by atoms with Crippen molar-refractivity contribution in [2.45, 2.75) is 6.42 Å². The molecule has 0 aliphatic heterocycles. The van der Waals surface area contributed by atoms with E-state index in [0.717, 1.165) is 11.4 Å². The van der Waals surface area contributed by atoms with Crippen LogP contribution in [0.4, 0.5) is 17.1 Å². The molecule has 0 bridgehead atoms. The summed E-state index contributed by atoms with van der Waals surface area (Å²) in [6.45, 7) is 0. The molecule has 2 aromatic carbocycles. The Hall–Kier alpha value is -2.22. The van der Waals surface area contributed by atoms with Gasteiger partial charge in [-0.1, -0.05) is 12.1 Å². The maximum absolute atomic E-state index is 13.0. The Morgan fingerprint density at radius 2 is 1.77 bits per heavy atom. The molecule has 0 spiro atoms. The van der Waals surface area contributed by atoms with Gasteiger partial charge in [0.2, 0.25) is 5.43 Å². The molecule has 8 heteroatoms. The van der Waals surface area contributed by atoms with Crippen LogP contribution in [0.25, 0.3) is 21.9 Å². The van der Waals surface area contributed by atoms with E-state index in [1.807, 2.05) is 0 Å². The molecule has 0 saturated heterocycles. The normalized spacial score (nSPS) is 10.4. The second kappa shape index (κ2) is 7.99. The van der Waals surface area contributed by atoms with Gasteiger partial charge in [-0.25, -0.2) is 0 Å². The van der Waals surface area contributed by atoms with Gasteiger partial charge < -0.3 is 26.9 Å². The Kier molecular flexibility index (Phi) is 6.17. The largest absolute Gasteiger partial charge is 1.00 e. The Labute approximate surface area is 173 Å². The fourth-order valence-electron chi connectivity index (χ4n) is 3.07. The maximum atomic E-state index is 13.0. The van der Waals surface area contributed by atoms with Crippen LogP contribution in [-0.2, 0) is 11.2 Å². The topological polar surface area (TPSA) is 104 Å². The van der Waals surface area contributed by atoms with Crippen molar-refractivity contribution in [3.8, 4) is 0 Å². The number of benzene rings is 2. The summed E-state index contributed by atoms with van der Waals surface area (Å²) in [6.07, 6.45) is -0.214. The third-order valence-electron chi connectivity index (χ3n) is 4.18. The van der Waals surface area contributed by atoms with Crippen LogP contribution in [-0.4, -0.2) is 32.2 Å². The molecule has 0 unspecified atom stereocenters. The van der Waals surface area contributed by atoms with Crippen LogP contribution in [0, 0.1) is 0 Å². The van der Waals surface area contributed by atoms with E-state index in [-0.39, 0.29) is 42.8 Å². The van der Waals surface area contributed by atoms with E-state index in [0.29, 0.717) is 33.2 Å². The van der Waals surface area contributed by atoms with Gasteiger partial charge in [0.15, 0.2) is 5.58 Å². The summed E-state index contributed by atoms with van der Waals surface area (Å²) < 4.78 is 6.03. The number of nitrogens with one attached hydrogen (secondary N) is 3. The van der Waals surface area contributed by atoms with E-state index in [9.17, 15) is 9.59 Å². The molecule has 1 heterocycles. The first-order valence-electron chi connectivity index (χ1n) is 7.82. The number of aliphatic carboxylic acids is 1. The summed E-state index contributed by atoms with van der Waals surface area (Å²) in [4.78, 5) is 24.1. The zero-order valence-corrected chi connectivity index (χ0v) is 17.2. The molecule has 7 nitrogen and oxygen atoms in total. The van der Waals surface area contributed by atoms with Crippen molar-refractivity contribution >= 4 is 45.0 Å². The van der Waals surface area contributed by atoms with Gasteiger partial charge in [-0.3, -0.25) is 9.59 Å². The number of carboxylic acid groups (broad SMARTS) is 1. The van der Waals surface area contributed by atoms with Crippen molar-refractivity contribution in [3.63, 3.8) is 0 Å². The van der Waals surface area contributed by atoms with Crippen LogP contribution < -0.4 is 50.9 Å². The van der Waals surface area contributed by atoms with E-state index in [4.69, 9.17) is 9.52 Å². The summed E-state index contributed by atoms with van der Waals surface area (Å²) in [7, 11) is 5.29. The third kappa shape index (κ3) is 3.25. The van der Waals surface area contributed by atoms with Gasteiger partial charge in [-0.2, -0.15) is 0 Å². The molecule has 0 radical (unpaired) electrons. The first-order chi connectivity index (χ1) is 12.0. The number of fused-ring (bicyclic) bond motifs is 2. The van der Waals surface area contributed by atoms with Gasteiger partial charge in [-0.05, 0) is 12.1 Å². The molecule has 0 aliphatic carbocycles. The fourth-order valence-corrected chi connectivity index (χ4v) is 3.07. The summed E-state index contributed by atoms with van der Waals surface area (Å²) in [5, 5.41) is 19.1. The molecule has 0 amide bonds. The predicted molar refractivity (Wildman–Crippen MR) is 101 cm³/mol. The SMILES string of the molecule is CNc1cc2c(=O)c3cccc(CC(=O)O)c3oc2c(NC)c1NC.[H-].[Na+]. The number of anilines is 3. The Bertz CT molecular complexity index is 1050. The van der Waals surface area contributed by atoms with Gasteiger partial charge in [0.1, 0.15) is 11.3 Å². The van der Waals surface area contributed by atoms with Gasteiger partial charge in [0.05, 0.1) is 28.6 Å². The molecular weight excluding hydrogens is 345 g/mol. The van der Waals surface area contributed by atoms with E-state index in [2.05, 4.69) is 16.0 Å². The van der Waals surface area contributed by atoms with Crippen molar-refractivity contribution in [2.24, 2.45) is 0 Å². The predicted octanol–water partition coefficient (Wildman–Crippen LogP) is -0.185. The van der Waals surface area contributed by atoms with Crippen molar-refractivity contribution in [1.29, 1.82) is 0 Å². The number of hydrogen-bond acceptors (Lipinski definition) is 6. The Balaban J connectivity index is 0.00000182. The molecule has 4 N–H and O–H groups in total. The summed E-state index contributed by atoms with van der Waals surface area (Å²) >= 11 is 0. The van der Waals surface area contributed by atoms with Crippen LogP contribution in [0.1, 0.15) is 6.99 Å². The molecule has 0 fully saturated rings. The summed E-state index contributed by atoms with van der Waals surface area (Å²) in [6, 6.07) is 6.71. The van der Waals surface area contributed by atoms with Gasteiger partial charge in [-0.15, -0.1) is 0 Å². The van der Waals surface area contributed by atoms with E-state index in [1.165, 1.54) is 0 Å². The Morgan fingerprint density at radius 1 is 1.08 bits per heavy atom. The van der Waals surface area contributed by atoms with Crippen molar-refractivity contribution < 1.29 is 45.3 Å². The minimum atomic E-state index is -0.981. The van der Waals surface area contributed by atoms with Crippen LogP contribution >= 0.6 is 0 Å². The molecule has 0 aliphatic rings. The average molecular weight is 365 g/mol. The zero-order chi connectivity index (χ0) is 18.1. The minimum absolute atomic E-state index is 0. The quantitative estimate of drug-likeness (QED) is 0.367. The monoisotopic (exact) mass is 365 g/mol. The van der Waals surface area contributed by atoms with Crippen LogP contribution in [0.2, 0.25) is 0 Å². The number of carboxylic acids is 1. The zero-order valence-electron chi connectivity index (χ0n) is 16.2. The summed E-state index contributed by atoms with van der Waals surface area (Å²) in [5.41, 5.74) is 3.12. The second-order valence-electron chi connectivity index (χ2n) is 5.60. The number of carbonyl (C=O) groups is 1. The maximum Gasteiger partial charge on any atom is 1.00 e. The Morgan fingerprint density at radius 3 is 2.35 bits per heavy atom. The number of rotatable bonds is 5. The first kappa shape index (κ1) is 20.1. The smallest absolute Gasteiger partial charge is 1.00 e. The molecule has 26 heavy (non-hydrogen) atoms. The molecule has 3 aromatic rings. The fraction of sp³-hybridized carbons (Fsp3) is 0.222. The van der Waals surface area contributed by atoms with E-state index >= 15 is 0 Å². The average Bonchev–Trinajstić information content (AvgIpc) is 2.60. The molecule has 0 saturated carbocycles. The van der Waals surface area contributed by atoms with E-state index in [1.54, 1.807) is 45.4 Å². The molecular formula is C18H20N3NaO4. The van der Waals surface area contributed by atoms with Gasteiger partial charge in [0.25, 0.3) is 0 Å². The van der Waals surface area contributed by atoms with E-state index < -0.39 is 5.97 Å². The second-order valence-corrected chi connectivity index (χ2v) is 5.60. The number of para-hydroxylation sites is 1. The number of hydrogen-bond donors (Lipinski definition) is 4. The first-order valence-corrected chi connectivity index (χ1v) is 7.82. The third-order valence-corrected chi connectivity index (χ3v) is 4.18. The van der Waals surface area contributed by atoms with Crippen molar-refractivity contribution in [2.75, 3.05) is 37.1 Å². The molecule has 0 atom stereocenters. The molecule has 132 valence electrons. The van der Waals surface area contributed by atoms with Crippen LogP contribution in [0.3, 0.4) is 0 Å². The summed E-state index contributed by atoms with van der Waals surface area (Å²) in [5.74, 6) is -0.981. The van der Waals surface area contributed by atoms with Gasteiger partial charge in [0, 0.05) is 26.7 Å².